The Labute approximate surface area is 225 Å². The van der Waals surface area contributed by atoms with Crippen molar-refractivity contribution in [1.82, 2.24) is 19.1 Å². The van der Waals surface area contributed by atoms with Crippen LogP contribution in [0.15, 0.2) is 31.6 Å². The highest BCUT2D eigenvalue weighted by Crippen LogP contribution is 2.70. The highest BCUT2D eigenvalue weighted by molar-refractivity contribution is 7.48. The van der Waals surface area contributed by atoms with Crippen LogP contribution in [0.25, 0.3) is 0 Å². The SMILES string of the molecule is Cc1cn([C@@H]2O[C@@]3(CO)[C@@H]4O[P@@](=O)(OC[C@H]5O[C@@H](n6cc(C)c(=O)[nH]c6=O)C[C@@H]5O)O[C@H]3[C@H]2[C@@H]4C)c(=O)[nH]c1=O. The van der Waals surface area contributed by atoms with Crippen molar-refractivity contribution in [2.45, 2.75) is 69.7 Å². The van der Waals surface area contributed by atoms with Crippen LogP contribution in [0.4, 0.5) is 0 Å². The Morgan fingerprint density at radius 3 is 2.30 bits per heavy atom. The van der Waals surface area contributed by atoms with Crippen LogP contribution < -0.4 is 22.5 Å². The Bertz CT molecular complexity index is 1630. The number of hydrogen-bond donors (Lipinski definition) is 4. The number of aliphatic hydroxyl groups is 2. The molecule has 4 N–H and O–H groups in total. The van der Waals surface area contributed by atoms with Crippen molar-refractivity contribution < 1.29 is 37.8 Å². The van der Waals surface area contributed by atoms with Crippen molar-refractivity contribution in [2.75, 3.05) is 13.2 Å². The van der Waals surface area contributed by atoms with Gasteiger partial charge in [-0.2, -0.15) is 0 Å². The van der Waals surface area contributed by atoms with Crippen LogP contribution in [0.3, 0.4) is 0 Å². The molecule has 0 aromatic carbocycles. The molecule has 2 aromatic rings. The Kier molecular flexibility index (Phi) is 6.47. The second-order valence-corrected chi connectivity index (χ2v) is 12.3. The summed E-state index contributed by atoms with van der Waals surface area (Å²) >= 11 is 0. The third-order valence-corrected chi connectivity index (χ3v) is 9.71. The predicted molar refractivity (Wildman–Crippen MR) is 133 cm³/mol. The van der Waals surface area contributed by atoms with Crippen molar-refractivity contribution in [1.29, 1.82) is 0 Å². The van der Waals surface area contributed by atoms with Crippen LogP contribution in [0.2, 0.25) is 0 Å². The second-order valence-electron chi connectivity index (χ2n) is 10.7. The van der Waals surface area contributed by atoms with Crippen LogP contribution in [0.5, 0.6) is 0 Å². The van der Waals surface area contributed by atoms with E-state index in [1.807, 2.05) is 0 Å². The maximum Gasteiger partial charge on any atom is 0.475 e. The van der Waals surface area contributed by atoms with Gasteiger partial charge < -0.3 is 19.7 Å². The van der Waals surface area contributed by atoms with E-state index in [1.165, 1.54) is 30.8 Å². The maximum absolute atomic E-state index is 13.6. The molecule has 1 saturated carbocycles. The van der Waals surface area contributed by atoms with Gasteiger partial charge in [0.2, 0.25) is 0 Å². The second kappa shape index (κ2) is 9.42. The minimum atomic E-state index is -4.28. The molecule has 5 heterocycles. The first-order chi connectivity index (χ1) is 18.9. The molecule has 3 aliphatic heterocycles. The van der Waals surface area contributed by atoms with E-state index in [-0.39, 0.29) is 17.5 Å². The lowest BCUT2D eigenvalue weighted by molar-refractivity contribution is -0.215. The van der Waals surface area contributed by atoms with E-state index in [2.05, 4.69) is 9.97 Å². The smallest absolute Gasteiger partial charge is 0.393 e. The van der Waals surface area contributed by atoms with Crippen molar-refractivity contribution in [2.24, 2.45) is 11.8 Å². The molecule has 6 rings (SSSR count). The summed E-state index contributed by atoms with van der Waals surface area (Å²) in [5, 5.41) is 20.9. The molecule has 0 radical (unpaired) electrons. The first-order valence-electron chi connectivity index (χ1n) is 12.7. The summed E-state index contributed by atoms with van der Waals surface area (Å²) in [4.78, 5) is 52.7. The Morgan fingerprint density at radius 1 is 1.05 bits per heavy atom. The van der Waals surface area contributed by atoms with Crippen molar-refractivity contribution in [3.05, 3.63) is 65.2 Å². The number of aryl methyl sites for hydroxylation is 2. The third kappa shape index (κ3) is 4.05. The van der Waals surface area contributed by atoms with Crippen LogP contribution in [0.1, 0.15) is 36.9 Å². The molecule has 218 valence electrons. The van der Waals surface area contributed by atoms with E-state index in [0.717, 1.165) is 4.57 Å². The number of phosphoric acid groups is 1. The molecule has 1 aliphatic carbocycles. The third-order valence-electron chi connectivity index (χ3n) is 8.28. The first-order valence-corrected chi connectivity index (χ1v) is 14.2. The lowest BCUT2D eigenvalue weighted by Gasteiger charge is -2.43. The van der Waals surface area contributed by atoms with Gasteiger partial charge in [0.05, 0.1) is 19.3 Å². The van der Waals surface area contributed by atoms with Crippen molar-refractivity contribution >= 4 is 7.82 Å². The summed E-state index contributed by atoms with van der Waals surface area (Å²) in [6, 6.07) is 0. The first kappa shape index (κ1) is 27.5. The van der Waals surface area contributed by atoms with Crippen LogP contribution >= 0.6 is 7.82 Å². The number of nitrogens with zero attached hydrogens (tertiary/aromatic N) is 2. The molecule has 0 unspecified atom stereocenters. The summed E-state index contributed by atoms with van der Waals surface area (Å²) in [7, 11) is -4.28. The lowest BCUT2D eigenvalue weighted by Crippen LogP contribution is -2.55. The lowest BCUT2D eigenvalue weighted by atomic mass is 9.92. The number of hydrogen-bond acceptors (Lipinski definition) is 12. The van der Waals surface area contributed by atoms with E-state index in [0.29, 0.717) is 0 Å². The fourth-order valence-electron chi connectivity index (χ4n) is 6.20. The van der Waals surface area contributed by atoms with Gasteiger partial charge in [-0.05, 0) is 19.8 Å². The van der Waals surface area contributed by atoms with Crippen molar-refractivity contribution in [3.63, 3.8) is 0 Å². The fourth-order valence-corrected chi connectivity index (χ4v) is 7.95. The minimum Gasteiger partial charge on any atom is -0.393 e. The molecule has 40 heavy (non-hydrogen) atoms. The standard InChI is InChI=1S/C23H29N4O12P/c1-9-5-26(21(32)24-18(9)30)14-4-12(29)13(36-14)7-35-40(34)38-16-11(3)15-17(39-40)23(16,8-28)37-20(15)27-6-10(2)19(31)25-22(27)33/h5-6,11-17,20,28-29H,4,7-8H2,1-3H3,(H,24,30,32)(H,25,31,33)/t11-,12-,13+,14+,15+,16+,17-,20+,23-,40+/m0/s1. The quantitative estimate of drug-likeness (QED) is 0.294. The molecule has 2 aromatic heterocycles. The van der Waals surface area contributed by atoms with E-state index < -0.39 is 97.8 Å². The van der Waals surface area contributed by atoms with Crippen LogP contribution in [-0.2, 0) is 27.6 Å². The maximum atomic E-state index is 13.6. The summed E-state index contributed by atoms with van der Waals surface area (Å²) in [6.45, 7) is 3.87. The minimum absolute atomic E-state index is 0.00622. The monoisotopic (exact) mass is 584 g/mol. The summed E-state index contributed by atoms with van der Waals surface area (Å²) < 4.78 is 45.0. The predicted octanol–water partition coefficient (Wildman–Crippen LogP) is -1.21. The largest absolute Gasteiger partial charge is 0.475 e. The van der Waals surface area contributed by atoms with Gasteiger partial charge in [0.1, 0.15) is 36.4 Å². The van der Waals surface area contributed by atoms with E-state index in [9.17, 15) is 34.0 Å². The molecule has 16 nitrogen and oxygen atoms in total. The molecule has 17 heteroatoms. The molecule has 0 spiro atoms. The molecule has 4 bridgehead atoms. The van der Waals surface area contributed by atoms with Crippen LogP contribution in [-0.4, -0.2) is 72.5 Å². The van der Waals surface area contributed by atoms with E-state index >= 15 is 0 Å². The van der Waals surface area contributed by atoms with E-state index in [1.54, 1.807) is 6.92 Å². The van der Waals surface area contributed by atoms with Gasteiger partial charge in [-0.3, -0.25) is 42.3 Å². The number of rotatable bonds is 6. The molecule has 4 fully saturated rings. The molecular weight excluding hydrogens is 555 g/mol. The summed E-state index contributed by atoms with van der Waals surface area (Å²) in [5.74, 6) is -0.991. The van der Waals surface area contributed by atoms with Gasteiger partial charge in [0.15, 0.2) is 0 Å². The van der Waals surface area contributed by atoms with Gasteiger partial charge in [0.25, 0.3) is 11.1 Å². The zero-order chi connectivity index (χ0) is 28.7. The van der Waals surface area contributed by atoms with Crippen LogP contribution in [0, 0.1) is 25.7 Å². The van der Waals surface area contributed by atoms with Gasteiger partial charge >= 0.3 is 19.2 Å². The van der Waals surface area contributed by atoms with E-state index in [4.69, 9.17) is 23.0 Å². The Morgan fingerprint density at radius 2 is 1.65 bits per heavy atom. The summed E-state index contributed by atoms with van der Waals surface area (Å²) in [5.41, 5.74) is -3.36. The zero-order valence-corrected chi connectivity index (χ0v) is 22.6. The number of nitrogens with one attached hydrogen (secondary N) is 2. The van der Waals surface area contributed by atoms with Gasteiger partial charge in [0, 0.05) is 35.9 Å². The number of aliphatic hydroxyl groups excluding tert-OH is 2. The highest BCUT2D eigenvalue weighted by atomic mass is 31.2. The number of aromatic nitrogens is 4. The number of phosphoric ester groups is 1. The summed E-state index contributed by atoms with van der Waals surface area (Å²) in [6.07, 6.45) is -3.15. The number of ether oxygens (including phenoxy) is 2. The Hall–Kier alpha value is -2.69. The number of H-pyrrole nitrogens is 2. The highest BCUT2D eigenvalue weighted by Gasteiger charge is 2.75. The molecule has 10 atom stereocenters. The van der Waals surface area contributed by atoms with Gasteiger partial charge in [-0.1, -0.05) is 6.92 Å². The molecule has 4 aliphatic rings. The normalized spacial score (nSPS) is 40.1. The van der Waals surface area contributed by atoms with Gasteiger partial charge in [-0.15, -0.1) is 0 Å². The number of aromatic amines is 2. The topological polar surface area (TPSA) is 213 Å². The average molecular weight is 584 g/mol. The van der Waals surface area contributed by atoms with Crippen molar-refractivity contribution in [3.8, 4) is 0 Å². The molecule has 3 saturated heterocycles. The fraction of sp³-hybridized carbons (Fsp3) is 0.652. The molecular formula is C23H29N4O12P. The Balaban J connectivity index is 1.20. The zero-order valence-electron chi connectivity index (χ0n) is 21.7. The average Bonchev–Trinajstić information content (AvgIpc) is 3.47. The van der Waals surface area contributed by atoms with Gasteiger partial charge in [-0.25, -0.2) is 14.2 Å². The molecule has 0 amide bonds.